The lowest BCUT2D eigenvalue weighted by molar-refractivity contribution is 0.297. The molecule has 1 aliphatic rings. The molecule has 0 spiro atoms. The van der Waals surface area contributed by atoms with Crippen molar-refractivity contribution in [3.05, 3.63) is 64.8 Å². The molecular weight excluding hydrogens is 290 g/mol. The molecule has 0 aliphatic heterocycles. The SMILES string of the molecule is Cc1ccc2cc3c(c(C)c2c1)C(C)(C)C(C)(C)c1cccnc1-3. The third kappa shape index (κ3) is 1.79. The maximum Gasteiger partial charge on any atom is 0.0742 e. The molecule has 0 bridgehead atoms. The Balaban J connectivity index is 2.21. The lowest BCUT2D eigenvalue weighted by Crippen LogP contribution is -2.44. The van der Waals surface area contributed by atoms with Gasteiger partial charge in [-0.3, -0.25) is 4.98 Å². The van der Waals surface area contributed by atoms with Gasteiger partial charge >= 0.3 is 0 Å². The van der Waals surface area contributed by atoms with Crippen LogP contribution in [0.4, 0.5) is 0 Å². The van der Waals surface area contributed by atoms with Crippen molar-refractivity contribution < 1.29 is 0 Å². The largest absolute Gasteiger partial charge is 0.256 e. The van der Waals surface area contributed by atoms with Gasteiger partial charge in [-0.05, 0) is 58.9 Å². The summed E-state index contributed by atoms with van der Waals surface area (Å²) in [6.07, 6.45) is 1.92. The van der Waals surface area contributed by atoms with Crippen molar-refractivity contribution in [2.75, 3.05) is 0 Å². The van der Waals surface area contributed by atoms with Crippen molar-refractivity contribution in [1.29, 1.82) is 0 Å². The number of aromatic nitrogens is 1. The number of hydrogen-bond acceptors (Lipinski definition) is 1. The van der Waals surface area contributed by atoms with E-state index in [9.17, 15) is 0 Å². The van der Waals surface area contributed by atoms with Gasteiger partial charge in [0.25, 0.3) is 0 Å². The maximum absolute atomic E-state index is 4.79. The van der Waals surface area contributed by atoms with Crippen LogP contribution in [0.3, 0.4) is 0 Å². The molecule has 2 aromatic carbocycles. The predicted octanol–water partition coefficient (Wildman–Crippen LogP) is 6.09. The second kappa shape index (κ2) is 4.69. The van der Waals surface area contributed by atoms with Gasteiger partial charge in [0.05, 0.1) is 5.69 Å². The van der Waals surface area contributed by atoms with E-state index in [-0.39, 0.29) is 10.8 Å². The molecule has 3 aromatic rings. The van der Waals surface area contributed by atoms with Crippen molar-refractivity contribution >= 4 is 10.8 Å². The average Bonchev–Trinajstić information content (AvgIpc) is 2.54. The van der Waals surface area contributed by atoms with E-state index in [1.54, 1.807) is 0 Å². The molecule has 0 unspecified atom stereocenters. The molecule has 0 radical (unpaired) electrons. The van der Waals surface area contributed by atoms with Gasteiger partial charge < -0.3 is 0 Å². The van der Waals surface area contributed by atoms with Crippen LogP contribution in [0.15, 0.2) is 42.6 Å². The quantitative estimate of drug-likeness (QED) is 0.489. The first-order valence-corrected chi connectivity index (χ1v) is 8.75. The molecule has 1 aromatic heterocycles. The van der Waals surface area contributed by atoms with Gasteiger partial charge in [-0.15, -0.1) is 0 Å². The van der Waals surface area contributed by atoms with Crippen LogP contribution in [0.2, 0.25) is 0 Å². The van der Waals surface area contributed by atoms with Crippen molar-refractivity contribution in [3.63, 3.8) is 0 Å². The third-order valence-corrected chi connectivity index (χ3v) is 6.48. The van der Waals surface area contributed by atoms with Gasteiger partial charge in [0.2, 0.25) is 0 Å². The summed E-state index contributed by atoms with van der Waals surface area (Å²) in [7, 11) is 0. The number of aryl methyl sites for hydroxylation is 2. The molecule has 0 saturated heterocycles. The molecule has 4 rings (SSSR count). The molecule has 1 heteroatoms. The second-order valence-corrected chi connectivity index (χ2v) is 8.30. The minimum absolute atomic E-state index is 0.0336. The van der Waals surface area contributed by atoms with Crippen molar-refractivity contribution in [2.45, 2.75) is 52.4 Å². The van der Waals surface area contributed by atoms with E-state index in [4.69, 9.17) is 4.98 Å². The van der Waals surface area contributed by atoms with Crippen LogP contribution in [0.25, 0.3) is 22.0 Å². The Morgan fingerprint density at radius 2 is 1.62 bits per heavy atom. The highest BCUT2D eigenvalue weighted by Crippen LogP contribution is 2.54. The fourth-order valence-corrected chi connectivity index (χ4v) is 4.45. The molecular formula is C23H25N. The van der Waals surface area contributed by atoms with Crippen LogP contribution in [0.1, 0.15) is 49.9 Å². The maximum atomic E-state index is 4.79. The number of rotatable bonds is 0. The standard InChI is InChI=1S/C23H25N/c1-14-9-10-16-13-18-20(15(2)17(16)12-14)23(5,6)22(3,4)19-8-7-11-24-21(18)19/h7-13H,1-6H3. The first kappa shape index (κ1) is 15.4. The Morgan fingerprint density at radius 1 is 0.875 bits per heavy atom. The Bertz CT molecular complexity index is 977. The van der Waals surface area contributed by atoms with Gasteiger partial charge in [-0.25, -0.2) is 0 Å². The Labute approximate surface area is 144 Å². The van der Waals surface area contributed by atoms with E-state index < -0.39 is 0 Å². The Kier molecular flexibility index (Phi) is 3.01. The number of nitrogens with zero attached hydrogens (tertiary/aromatic N) is 1. The molecule has 0 saturated carbocycles. The normalized spacial score (nSPS) is 17.4. The summed E-state index contributed by atoms with van der Waals surface area (Å²) in [5.41, 5.74) is 8.07. The minimum Gasteiger partial charge on any atom is -0.256 e. The van der Waals surface area contributed by atoms with E-state index in [1.165, 1.54) is 38.6 Å². The van der Waals surface area contributed by atoms with Crippen LogP contribution in [0.5, 0.6) is 0 Å². The van der Waals surface area contributed by atoms with E-state index >= 15 is 0 Å². The monoisotopic (exact) mass is 315 g/mol. The molecule has 0 atom stereocenters. The van der Waals surface area contributed by atoms with Gasteiger partial charge in [-0.1, -0.05) is 57.5 Å². The highest BCUT2D eigenvalue weighted by atomic mass is 14.7. The molecule has 0 N–H and O–H groups in total. The van der Waals surface area contributed by atoms with Crippen LogP contribution in [-0.4, -0.2) is 4.98 Å². The van der Waals surface area contributed by atoms with Gasteiger partial charge in [0.1, 0.15) is 0 Å². The summed E-state index contributed by atoms with van der Waals surface area (Å²) >= 11 is 0. The first-order valence-electron chi connectivity index (χ1n) is 8.75. The van der Waals surface area contributed by atoms with Crippen LogP contribution >= 0.6 is 0 Å². The lowest BCUT2D eigenvalue weighted by Gasteiger charge is -2.48. The number of fused-ring (bicyclic) bond motifs is 4. The van der Waals surface area contributed by atoms with E-state index in [2.05, 4.69) is 77.9 Å². The Hall–Kier alpha value is -2.15. The van der Waals surface area contributed by atoms with E-state index in [0.717, 1.165) is 5.69 Å². The molecule has 24 heavy (non-hydrogen) atoms. The molecule has 0 amide bonds. The lowest BCUT2D eigenvalue weighted by atomic mass is 9.55. The predicted molar refractivity (Wildman–Crippen MR) is 103 cm³/mol. The average molecular weight is 315 g/mol. The zero-order valence-electron chi connectivity index (χ0n) is 15.5. The third-order valence-electron chi connectivity index (χ3n) is 6.48. The topological polar surface area (TPSA) is 12.9 Å². The summed E-state index contributed by atoms with van der Waals surface area (Å²) in [5, 5.41) is 2.68. The molecule has 0 fully saturated rings. The molecule has 1 heterocycles. The highest BCUT2D eigenvalue weighted by molar-refractivity contribution is 5.94. The number of benzene rings is 2. The summed E-state index contributed by atoms with van der Waals surface area (Å²) in [4.78, 5) is 4.79. The minimum atomic E-state index is 0.0336. The fourth-order valence-electron chi connectivity index (χ4n) is 4.45. The van der Waals surface area contributed by atoms with Gasteiger partial charge in [0.15, 0.2) is 0 Å². The zero-order valence-corrected chi connectivity index (χ0v) is 15.5. The number of pyridine rings is 1. The molecule has 1 nitrogen and oxygen atoms in total. The summed E-state index contributed by atoms with van der Waals surface area (Å²) in [5.74, 6) is 0. The smallest absolute Gasteiger partial charge is 0.0742 e. The van der Waals surface area contributed by atoms with Crippen LogP contribution in [-0.2, 0) is 10.8 Å². The van der Waals surface area contributed by atoms with E-state index in [0.29, 0.717) is 0 Å². The summed E-state index contributed by atoms with van der Waals surface area (Å²) in [6, 6.07) is 13.4. The first-order chi connectivity index (χ1) is 11.2. The second-order valence-electron chi connectivity index (χ2n) is 8.30. The van der Waals surface area contributed by atoms with Gasteiger partial charge in [0, 0.05) is 17.2 Å². The van der Waals surface area contributed by atoms with Crippen molar-refractivity contribution in [2.24, 2.45) is 0 Å². The number of hydrogen-bond donors (Lipinski definition) is 0. The van der Waals surface area contributed by atoms with Crippen molar-refractivity contribution in [3.8, 4) is 11.3 Å². The fraction of sp³-hybridized carbons (Fsp3) is 0.348. The zero-order chi connectivity index (χ0) is 17.3. The molecule has 122 valence electrons. The summed E-state index contributed by atoms with van der Waals surface area (Å²) in [6.45, 7) is 13.9. The summed E-state index contributed by atoms with van der Waals surface area (Å²) < 4.78 is 0. The Morgan fingerprint density at radius 3 is 2.38 bits per heavy atom. The van der Waals surface area contributed by atoms with Crippen molar-refractivity contribution in [1.82, 2.24) is 4.98 Å². The van der Waals surface area contributed by atoms with Gasteiger partial charge in [-0.2, -0.15) is 0 Å². The van der Waals surface area contributed by atoms with Crippen LogP contribution < -0.4 is 0 Å². The highest BCUT2D eigenvalue weighted by Gasteiger charge is 2.47. The van der Waals surface area contributed by atoms with E-state index in [1.807, 2.05) is 6.20 Å². The molecule has 1 aliphatic carbocycles. The van der Waals surface area contributed by atoms with Crippen LogP contribution in [0, 0.1) is 13.8 Å².